The number of anilines is 1. The molecule has 3 rings (SSSR count). The van der Waals surface area contributed by atoms with Crippen LogP contribution in [0.3, 0.4) is 0 Å². The first-order valence-corrected chi connectivity index (χ1v) is 11.7. The number of piperidine rings is 1. The predicted molar refractivity (Wildman–Crippen MR) is 102 cm³/mol. The van der Waals surface area contributed by atoms with Crippen LogP contribution < -0.4 is 15.3 Å². The summed E-state index contributed by atoms with van der Waals surface area (Å²) in [5.41, 5.74) is 2.43. The van der Waals surface area contributed by atoms with Gasteiger partial charge in [0.1, 0.15) is 8.07 Å². The van der Waals surface area contributed by atoms with Crippen LogP contribution in [-0.2, 0) is 6.61 Å². The quantitative estimate of drug-likeness (QED) is 0.874. The van der Waals surface area contributed by atoms with Crippen LogP contribution >= 0.6 is 0 Å². The van der Waals surface area contributed by atoms with E-state index in [4.69, 9.17) is 0 Å². The standard InChI is InChI=1S/C20H27NOSi/c1-23(2,20-9-5-4-8-17(20)16-22)19-12-10-18(11-13-19)21-14-6-3-7-15-21/h4-5,8-13,22H,3,6-7,14-16H2,1-2H3. The van der Waals surface area contributed by atoms with Crippen molar-refractivity contribution >= 4 is 24.1 Å². The van der Waals surface area contributed by atoms with Crippen LogP contribution in [0.5, 0.6) is 0 Å². The molecule has 1 aliphatic heterocycles. The van der Waals surface area contributed by atoms with Gasteiger partial charge in [0, 0.05) is 18.8 Å². The van der Waals surface area contributed by atoms with Gasteiger partial charge in [-0.25, -0.2) is 0 Å². The molecule has 0 saturated carbocycles. The normalized spacial score (nSPS) is 15.7. The van der Waals surface area contributed by atoms with Gasteiger partial charge < -0.3 is 10.0 Å². The van der Waals surface area contributed by atoms with Crippen molar-refractivity contribution in [2.75, 3.05) is 18.0 Å². The molecule has 1 heterocycles. The Hall–Kier alpha value is -1.58. The maximum absolute atomic E-state index is 9.66. The summed E-state index contributed by atoms with van der Waals surface area (Å²) in [6.07, 6.45) is 3.99. The highest BCUT2D eigenvalue weighted by atomic mass is 28.3. The van der Waals surface area contributed by atoms with Crippen LogP contribution in [0.1, 0.15) is 24.8 Å². The van der Waals surface area contributed by atoms with Gasteiger partial charge in [0.25, 0.3) is 0 Å². The van der Waals surface area contributed by atoms with Gasteiger partial charge in [-0.3, -0.25) is 0 Å². The number of hydrogen-bond acceptors (Lipinski definition) is 2. The molecule has 0 radical (unpaired) electrons. The molecule has 0 amide bonds. The SMILES string of the molecule is C[Si](C)(c1ccc(N2CCCCC2)cc1)c1ccccc1CO. The number of hydrogen-bond donors (Lipinski definition) is 1. The van der Waals surface area contributed by atoms with E-state index in [1.54, 1.807) is 0 Å². The van der Waals surface area contributed by atoms with E-state index < -0.39 is 8.07 Å². The average molecular weight is 326 g/mol. The molecule has 0 aromatic heterocycles. The molecule has 0 unspecified atom stereocenters. The van der Waals surface area contributed by atoms with Crippen LogP contribution in [0.15, 0.2) is 48.5 Å². The molecular formula is C20H27NOSi. The Morgan fingerprint density at radius 3 is 2.22 bits per heavy atom. The Bertz CT molecular complexity index is 645. The number of aliphatic hydroxyl groups is 1. The minimum atomic E-state index is -1.77. The lowest BCUT2D eigenvalue weighted by Gasteiger charge is -2.30. The van der Waals surface area contributed by atoms with Gasteiger partial charge in [-0.1, -0.05) is 54.7 Å². The maximum Gasteiger partial charge on any atom is 0.112 e. The highest BCUT2D eigenvalue weighted by Gasteiger charge is 2.28. The largest absolute Gasteiger partial charge is 0.392 e. The number of aliphatic hydroxyl groups excluding tert-OH is 1. The average Bonchev–Trinajstić information content (AvgIpc) is 2.62. The Morgan fingerprint density at radius 1 is 0.913 bits per heavy atom. The fourth-order valence-electron chi connectivity index (χ4n) is 3.66. The molecule has 1 N–H and O–H groups in total. The first-order chi connectivity index (χ1) is 11.1. The zero-order valence-corrected chi connectivity index (χ0v) is 15.3. The van der Waals surface area contributed by atoms with Crippen molar-refractivity contribution < 1.29 is 5.11 Å². The topological polar surface area (TPSA) is 23.5 Å². The summed E-state index contributed by atoms with van der Waals surface area (Å²) in [6, 6.07) is 17.5. The summed E-state index contributed by atoms with van der Waals surface area (Å²) >= 11 is 0. The van der Waals surface area contributed by atoms with Crippen molar-refractivity contribution in [3.8, 4) is 0 Å². The molecule has 2 aromatic carbocycles. The third-order valence-corrected chi connectivity index (χ3v) is 8.78. The lowest BCUT2D eigenvalue weighted by atomic mass is 10.1. The smallest absolute Gasteiger partial charge is 0.112 e. The van der Waals surface area contributed by atoms with Crippen molar-refractivity contribution in [3.05, 3.63) is 54.1 Å². The molecule has 1 aliphatic rings. The van der Waals surface area contributed by atoms with E-state index in [1.165, 1.54) is 48.4 Å². The fourth-order valence-corrected chi connectivity index (χ4v) is 6.45. The monoisotopic (exact) mass is 325 g/mol. The van der Waals surface area contributed by atoms with Gasteiger partial charge in [0.2, 0.25) is 0 Å². The zero-order chi connectivity index (χ0) is 16.3. The maximum atomic E-state index is 9.66. The second kappa shape index (κ2) is 6.89. The highest BCUT2D eigenvalue weighted by Crippen LogP contribution is 2.19. The van der Waals surface area contributed by atoms with E-state index in [0.717, 1.165) is 5.56 Å². The van der Waals surface area contributed by atoms with Crippen LogP contribution in [-0.4, -0.2) is 26.3 Å². The van der Waals surface area contributed by atoms with Gasteiger partial charge in [0.05, 0.1) is 6.61 Å². The second-order valence-corrected chi connectivity index (χ2v) is 11.4. The third-order valence-electron chi connectivity index (χ3n) is 5.17. The van der Waals surface area contributed by atoms with Crippen LogP contribution in [0.2, 0.25) is 13.1 Å². The minimum absolute atomic E-state index is 0.123. The molecule has 0 bridgehead atoms. The molecule has 2 aromatic rings. The zero-order valence-electron chi connectivity index (χ0n) is 14.3. The third kappa shape index (κ3) is 3.36. The molecule has 23 heavy (non-hydrogen) atoms. The van der Waals surface area contributed by atoms with Gasteiger partial charge in [-0.05, 0) is 42.1 Å². The van der Waals surface area contributed by atoms with E-state index in [-0.39, 0.29) is 6.61 Å². The number of rotatable bonds is 4. The van der Waals surface area contributed by atoms with E-state index >= 15 is 0 Å². The van der Waals surface area contributed by atoms with E-state index in [0.29, 0.717) is 0 Å². The summed E-state index contributed by atoms with van der Waals surface area (Å²) < 4.78 is 0. The number of benzene rings is 2. The Kier molecular flexibility index (Phi) is 4.88. The van der Waals surface area contributed by atoms with E-state index in [2.05, 4.69) is 54.4 Å². The Balaban J connectivity index is 1.88. The van der Waals surface area contributed by atoms with Gasteiger partial charge in [-0.2, -0.15) is 0 Å². The molecule has 0 atom stereocenters. The predicted octanol–water partition coefficient (Wildman–Crippen LogP) is 2.99. The van der Waals surface area contributed by atoms with Crippen molar-refractivity contribution in [3.63, 3.8) is 0 Å². The van der Waals surface area contributed by atoms with Crippen LogP contribution in [0, 0.1) is 0 Å². The Morgan fingerprint density at radius 2 is 1.57 bits per heavy atom. The summed E-state index contributed by atoms with van der Waals surface area (Å²) in [5, 5.41) is 12.4. The number of nitrogens with zero attached hydrogens (tertiary/aromatic N) is 1. The molecule has 1 saturated heterocycles. The highest BCUT2D eigenvalue weighted by molar-refractivity contribution is 7.00. The molecular weight excluding hydrogens is 298 g/mol. The Labute approximate surface area is 140 Å². The van der Waals surface area contributed by atoms with Crippen molar-refractivity contribution in [2.45, 2.75) is 39.0 Å². The van der Waals surface area contributed by atoms with E-state index in [9.17, 15) is 5.11 Å². The summed E-state index contributed by atoms with van der Waals surface area (Å²) in [4.78, 5) is 2.50. The second-order valence-electron chi connectivity index (χ2n) is 7.03. The van der Waals surface area contributed by atoms with Gasteiger partial charge in [-0.15, -0.1) is 0 Å². The van der Waals surface area contributed by atoms with Crippen LogP contribution in [0.25, 0.3) is 0 Å². The molecule has 2 nitrogen and oxygen atoms in total. The van der Waals surface area contributed by atoms with Crippen molar-refractivity contribution in [1.82, 2.24) is 0 Å². The van der Waals surface area contributed by atoms with Crippen LogP contribution in [0.4, 0.5) is 5.69 Å². The molecule has 3 heteroatoms. The minimum Gasteiger partial charge on any atom is -0.392 e. The summed E-state index contributed by atoms with van der Waals surface area (Å²) in [7, 11) is -1.77. The fraction of sp³-hybridized carbons (Fsp3) is 0.400. The molecule has 1 fully saturated rings. The summed E-state index contributed by atoms with van der Waals surface area (Å²) in [6.45, 7) is 7.24. The van der Waals surface area contributed by atoms with Crippen molar-refractivity contribution in [1.29, 1.82) is 0 Å². The van der Waals surface area contributed by atoms with E-state index in [1.807, 2.05) is 12.1 Å². The first-order valence-electron chi connectivity index (χ1n) is 8.67. The first kappa shape index (κ1) is 16.3. The van der Waals surface area contributed by atoms with Crippen molar-refractivity contribution in [2.24, 2.45) is 0 Å². The van der Waals surface area contributed by atoms with Gasteiger partial charge in [0.15, 0.2) is 0 Å². The lowest BCUT2D eigenvalue weighted by Crippen LogP contribution is -2.54. The molecule has 0 aliphatic carbocycles. The molecule has 0 spiro atoms. The lowest BCUT2D eigenvalue weighted by molar-refractivity contribution is 0.283. The summed E-state index contributed by atoms with van der Waals surface area (Å²) in [5.74, 6) is 0. The van der Waals surface area contributed by atoms with Gasteiger partial charge >= 0.3 is 0 Å². The molecule has 122 valence electrons.